The summed E-state index contributed by atoms with van der Waals surface area (Å²) < 4.78 is 2.43. The summed E-state index contributed by atoms with van der Waals surface area (Å²) in [6.07, 6.45) is 6.61. The Hall–Kier alpha value is -6.38. The molecule has 0 spiro atoms. The summed E-state index contributed by atoms with van der Waals surface area (Å²) in [4.78, 5) is 2.53. The van der Waals surface area contributed by atoms with Crippen molar-refractivity contribution in [3.8, 4) is 27.9 Å². The number of hydrogen-bond acceptors (Lipinski definition) is 1. The summed E-state index contributed by atoms with van der Waals surface area (Å²) in [5.41, 5.74) is 16.4. The Morgan fingerprint density at radius 1 is 0.509 bits per heavy atom. The molecule has 2 nitrogen and oxygen atoms in total. The summed E-state index contributed by atoms with van der Waals surface area (Å²) in [5.74, 6) is 0.652. The van der Waals surface area contributed by atoms with Crippen molar-refractivity contribution in [2.45, 2.75) is 57.3 Å². The highest BCUT2D eigenvalue weighted by molar-refractivity contribution is 6.12. The molecular weight excluding hydrogens is 689 g/mol. The molecule has 57 heavy (non-hydrogen) atoms. The number of fused-ring (bicyclic) bond motifs is 7. The molecule has 8 aromatic carbocycles. The molecule has 0 atom stereocenters. The monoisotopic (exact) mass is 734 g/mol. The van der Waals surface area contributed by atoms with Crippen LogP contribution in [0.1, 0.15) is 68.6 Å². The van der Waals surface area contributed by atoms with Crippen LogP contribution in [0.25, 0.3) is 60.5 Å². The first-order valence-electron chi connectivity index (χ1n) is 20.8. The maximum atomic E-state index is 2.53. The van der Waals surface area contributed by atoms with Gasteiger partial charge in [0.2, 0.25) is 0 Å². The van der Waals surface area contributed by atoms with E-state index in [1.807, 2.05) is 0 Å². The highest BCUT2D eigenvalue weighted by Gasteiger charge is 2.36. The Balaban J connectivity index is 1.17. The molecule has 1 heterocycles. The van der Waals surface area contributed by atoms with Crippen molar-refractivity contribution >= 4 is 49.6 Å². The standard InChI is InChI=1S/C55H46N2/c1-55(2)49-23-13-11-21-45(49)48-36-43(31-33-50(48)55)56(42-29-25-38(26-30-42)37-15-5-3-6-16-37)52-34-28-39-17-9-10-20-44(39)54(52)40-27-32-47-46-22-12-14-24-51(46)57(53(47)35-40)41-18-7-4-8-19-41/h4,7-14,17-37H,3,5-6,15-16H2,1-2H3. The lowest BCUT2D eigenvalue weighted by Crippen LogP contribution is -2.15. The number of anilines is 3. The van der Waals surface area contributed by atoms with Gasteiger partial charge in [0.25, 0.3) is 0 Å². The molecule has 1 saturated carbocycles. The molecule has 0 unspecified atom stereocenters. The number of benzene rings is 8. The molecule has 1 fully saturated rings. The van der Waals surface area contributed by atoms with Crippen molar-refractivity contribution in [2.24, 2.45) is 0 Å². The third-order valence-electron chi connectivity index (χ3n) is 13.2. The van der Waals surface area contributed by atoms with Gasteiger partial charge in [0.05, 0.1) is 16.7 Å². The third kappa shape index (κ3) is 5.46. The fourth-order valence-corrected chi connectivity index (χ4v) is 10.3. The van der Waals surface area contributed by atoms with Crippen LogP contribution in [0.2, 0.25) is 0 Å². The van der Waals surface area contributed by atoms with Gasteiger partial charge < -0.3 is 9.47 Å². The largest absolute Gasteiger partial charge is 0.310 e. The van der Waals surface area contributed by atoms with E-state index < -0.39 is 0 Å². The molecule has 0 N–H and O–H groups in total. The summed E-state index contributed by atoms with van der Waals surface area (Å²) in [6.45, 7) is 4.73. The predicted octanol–water partition coefficient (Wildman–Crippen LogP) is 15.4. The van der Waals surface area contributed by atoms with Crippen LogP contribution in [-0.4, -0.2) is 4.57 Å². The molecule has 2 aliphatic carbocycles. The Morgan fingerprint density at radius 2 is 1.19 bits per heavy atom. The highest BCUT2D eigenvalue weighted by atomic mass is 15.1. The molecule has 0 saturated heterocycles. The lowest BCUT2D eigenvalue weighted by Gasteiger charge is -2.30. The summed E-state index contributed by atoms with van der Waals surface area (Å²) in [5, 5.41) is 5.00. The van der Waals surface area contributed by atoms with Gasteiger partial charge in [-0.1, -0.05) is 154 Å². The van der Waals surface area contributed by atoms with Crippen LogP contribution in [0.5, 0.6) is 0 Å². The zero-order chi connectivity index (χ0) is 38.1. The highest BCUT2D eigenvalue weighted by Crippen LogP contribution is 2.52. The molecule has 0 aliphatic heterocycles. The van der Waals surface area contributed by atoms with E-state index in [9.17, 15) is 0 Å². The van der Waals surface area contributed by atoms with Crippen LogP contribution < -0.4 is 4.90 Å². The van der Waals surface area contributed by atoms with Crippen LogP contribution in [-0.2, 0) is 5.41 Å². The molecule has 2 heteroatoms. The molecule has 1 aromatic heterocycles. The lowest BCUT2D eigenvalue weighted by molar-refractivity contribution is 0.443. The second kappa shape index (κ2) is 13.4. The van der Waals surface area contributed by atoms with Crippen molar-refractivity contribution in [1.29, 1.82) is 0 Å². The Kier molecular flexibility index (Phi) is 7.96. The van der Waals surface area contributed by atoms with Crippen molar-refractivity contribution in [1.82, 2.24) is 4.57 Å². The molecule has 0 radical (unpaired) electrons. The van der Waals surface area contributed by atoms with Crippen LogP contribution in [0.4, 0.5) is 17.1 Å². The van der Waals surface area contributed by atoms with Crippen molar-refractivity contribution in [3.05, 3.63) is 193 Å². The summed E-state index contributed by atoms with van der Waals surface area (Å²) in [7, 11) is 0. The minimum atomic E-state index is -0.0579. The minimum absolute atomic E-state index is 0.0579. The SMILES string of the molecule is CC1(C)c2ccccc2-c2cc(N(c3ccc(C4CCCCC4)cc3)c3ccc4ccccc4c3-c3ccc4c5ccccc5n(-c5ccccc5)c4c3)ccc21. The second-order valence-electron chi connectivity index (χ2n) is 16.8. The van der Waals surface area contributed by atoms with E-state index in [0.717, 1.165) is 0 Å². The third-order valence-corrected chi connectivity index (χ3v) is 13.2. The molecular formula is C55H46N2. The van der Waals surface area contributed by atoms with Gasteiger partial charge in [-0.15, -0.1) is 0 Å². The van der Waals surface area contributed by atoms with Crippen molar-refractivity contribution in [2.75, 3.05) is 4.90 Å². The molecule has 11 rings (SSSR count). The lowest BCUT2D eigenvalue weighted by atomic mass is 9.82. The van der Waals surface area contributed by atoms with Gasteiger partial charge >= 0.3 is 0 Å². The van der Waals surface area contributed by atoms with E-state index in [1.54, 1.807) is 0 Å². The average Bonchev–Trinajstić information content (AvgIpc) is 3.72. The van der Waals surface area contributed by atoms with Crippen LogP contribution in [0.15, 0.2) is 176 Å². The van der Waals surface area contributed by atoms with Gasteiger partial charge in [0, 0.05) is 38.8 Å². The van der Waals surface area contributed by atoms with Gasteiger partial charge in [-0.05, 0) is 118 Å². The van der Waals surface area contributed by atoms with E-state index in [2.05, 4.69) is 199 Å². The quantitative estimate of drug-likeness (QED) is 0.165. The Morgan fingerprint density at radius 3 is 2.04 bits per heavy atom. The molecule has 276 valence electrons. The van der Waals surface area contributed by atoms with Crippen LogP contribution >= 0.6 is 0 Å². The number of para-hydroxylation sites is 2. The molecule has 2 aliphatic rings. The Labute approximate surface area is 335 Å². The van der Waals surface area contributed by atoms with Gasteiger partial charge in [0.1, 0.15) is 0 Å². The predicted molar refractivity (Wildman–Crippen MR) is 242 cm³/mol. The summed E-state index contributed by atoms with van der Waals surface area (Å²) >= 11 is 0. The van der Waals surface area contributed by atoms with E-state index in [0.29, 0.717) is 5.92 Å². The number of nitrogens with zero attached hydrogens (tertiary/aromatic N) is 2. The van der Waals surface area contributed by atoms with Crippen molar-refractivity contribution < 1.29 is 0 Å². The first kappa shape index (κ1) is 33.9. The number of aromatic nitrogens is 1. The van der Waals surface area contributed by atoms with Crippen molar-refractivity contribution in [3.63, 3.8) is 0 Å². The minimum Gasteiger partial charge on any atom is -0.310 e. The fraction of sp³-hybridized carbons (Fsp3) is 0.164. The van der Waals surface area contributed by atoms with Crippen LogP contribution in [0.3, 0.4) is 0 Å². The Bertz CT molecular complexity index is 2960. The first-order valence-corrected chi connectivity index (χ1v) is 20.8. The molecule has 0 amide bonds. The van der Waals surface area contributed by atoms with E-state index in [1.165, 1.54) is 126 Å². The first-order chi connectivity index (χ1) is 28.0. The smallest absolute Gasteiger partial charge is 0.0547 e. The topological polar surface area (TPSA) is 8.17 Å². The zero-order valence-electron chi connectivity index (χ0n) is 32.8. The van der Waals surface area contributed by atoms with Crippen LogP contribution in [0, 0.1) is 0 Å². The van der Waals surface area contributed by atoms with Gasteiger partial charge in [-0.25, -0.2) is 0 Å². The summed E-state index contributed by atoms with van der Waals surface area (Å²) in [6, 6.07) is 66.1. The second-order valence-corrected chi connectivity index (χ2v) is 16.8. The van der Waals surface area contributed by atoms with Gasteiger partial charge in [-0.3, -0.25) is 0 Å². The zero-order valence-corrected chi connectivity index (χ0v) is 32.8. The fourth-order valence-electron chi connectivity index (χ4n) is 10.3. The van der Waals surface area contributed by atoms with E-state index >= 15 is 0 Å². The van der Waals surface area contributed by atoms with Gasteiger partial charge in [-0.2, -0.15) is 0 Å². The maximum absolute atomic E-state index is 2.53. The van der Waals surface area contributed by atoms with Gasteiger partial charge in [0.15, 0.2) is 0 Å². The normalized spacial score (nSPS) is 14.9. The maximum Gasteiger partial charge on any atom is 0.0547 e. The van der Waals surface area contributed by atoms with E-state index in [-0.39, 0.29) is 5.41 Å². The average molecular weight is 735 g/mol. The number of rotatable bonds is 6. The van der Waals surface area contributed by atoms with E-state index in [4.69, 9.17) is 0 Å². The number of hydrogen-bond donors (Lipinski definition) is 0. The molecule has 0 bridgehead atoms. The molecule has 9 aromatic rings.